The van der Waals surface area contributed by atoms with Gasteiger partial charge in [-0.3, -0.25) is 4.90 Å². The van der Waals surface area contributed by atoms with Crippen molar-refractivity contribution in [2.75, 3.05) is 26.2 Å². The first-order valence-electron chi connectivity index (χ1n) is 6.07. The van der Waals surface area contributed by atoms with Crippen LogP contribution < -0.4 is 0 Å². The molecular weight excluding hydrogens is 292 g/mol. The molecule has 2 heterocycles. The third kappa shape index (κ3) is 2.44. The second-order valence-electron chi connectivity index (χ2n) is 4.73. The molecule has 0 bridgehead atoms. The predicted octanol–water partition coefficient (Wildman–Crippen LogP) is 1.87. The van der Waals surface area contributed by atoms with E-state index in [2.05, 4.69) is 4.90 Å². The first-order chi connectivity index (χ1) is 8.57. The smallest absolute Gasteiger partial charge is 0.252 e. The van der Waals surface area contributed by atoms with Crippen molar-refractivity contribution in [1.82, 2.24) is 9.21 Å². The highest BCUT2D eigenvalue weighted by Crippen LogP contribution is 2.31. The molecule has 1 aromatic rings. The van der Waals surface area contributed by atoms with Crippen LogP contribution in [-0.4, -0.2) is 49.8 Å². The highest BCUT2D eigenvalue weighted by molar-refractivity contribution is 7.91. The topological polar surface area (TPSA) is 40.6 Å². The van der Waals surface area contributed by atoms with Crippen LogP contribution in [0.1, 0.15) is 12.8 Å². The molecule has 4 nitrogen and oxygen atoms in total. The summed E-state index contributed by atoms with van der Waals surface area (Å²) in [7, 11) is -3.33. The number of piperazine rings is 1. The van der Waals surface area contributed by atoms with Crippen molar-refractivity contribution < 1.29 is 8.42 Å². The molecular formula is C11H15ClN2O2S2. The maximum Gasteiger partial charge on any atom is 0.252 e. The van der Waals surface area contributed by atoms with Crippen molar-refractivity contribution in [1.29, 1.82) is 0 Å². The first-order valence-corrected chi connectivity index (χ1v) is 8.70. The molecule has 1 aromatic heterocycles. The zero-order valence-electron chi connectivity index (χ0n) is 9.88. The zero-order chi connectivity index (χ0) is 12.8. The molecule has 0 unspecified atom stereocenters. The van der Waals surface area contributed by atoms with Gasteiger partial charge in [-0.2, -0.15) is 4.31 Å². The van der Waals surface area contributed by atoms with Crippen LogP contribution in [0.5, 0.6) is 0 Å². The van der Waals surface area contributed by atoms with Gasteiger partial charge in [0.1, 0.15) is 4.21 Å². The summed E-state index contributed by atoms with van der Waals surface area (Å²) in [5, 5.41) is 0. The van der Waals surface area contributed by atoms with E-state index in [-0.39, 0.29) is 0 Å². The fraction of sp³-hybridized carbons (Fsp3) is 0.636. The summed E-state index contributed by atoms with van der Waals surface area (Å²) in [6.07, 6.45) is 2.54. The molecule has 3 rings (SSSR count). The van der Waals surface area contributed by atoms with Crippen molar-refractivity contribution in [2.24, 2.45) is 0 Å². The highest BCUT2D eigenvalue weighted by atomic mass is 35.5. The molecule has 2 aliphatic rings. The Morgan fingerprint density at radius 3 is 2.33 bits per heavy atom. The lowest BCUT2D eigenvalue weighted by molar-refractivity contribution is 0.181. The number of halogens is 1. The van der Waals surface area contributed by atoms with Gasteiger partial charge in [-0.15, -0.1) is 11.3 Å². The molecule has 7 heteroatoms. The summed E-state index contributed by atoms with van der Waals surface area (Å²) in [6.45, 7) is 2.88. The maximum atomic E-state index is 12.4. The minimum atomic E-state index is -3.33. The van der Waals surface area contributed by atoms with Gasteiger partial charge in [-0.1, -0.05) is 11.6 Å². The van der Waals surface area contributed by atoms with Gasteiger partial charge in [0.15, 0.2) is 0 Å². The van der Waals surface area contributed by atoms with E-state index in [9.17, 15) is 8.42 Å². The molecule has 0 spiro atoms. The van der Waals surface area contributed by atoms with Gasteiger partial charge < -0.3 is 0 Å². The van der Waals surface area contributed by atoms with Crippen LogP contribution in [-0.2, 0) is 10.0 Å². The van der Waals surface area contributed by atoms with Crippen molar-refractivity contribution in [3.8, 4) is 0 Å². The van der Waals surface area contributed by atoms with Gasteiger partial charge in [-0.05, 0) is 25.0 Å². The predicted molar refractivity (Wildman–Crippen MR) is 72.7 cm³/mol. The van der Waals surface area contributed by atoms with E-state index in [1.165, 1.54) is 12.8 Å². The van der Waals surface area contributed by atoms with Crippen LogP contribution in [0.3, 0.4) is 0 Å². The van der Waals surface area contributed by atoms with Crippen LogP contribution in [0.2, 0.25) is 4.34 Å². The van der Waals surface area contributed by atoms with Crippen LogP contribution >= 0.6 is 22.9 Å². The third-order valence-electron chi connectivity index (χ3n) is 3.48. The molecule has 100 valence electrons. The molecule has 0 radical (unpaired) electrons. The fourth-order valence-electron chi connectivity index (χ4n) is 2.31. The summed E-state index contributed by atoms with van der Waals surface area (Å²) in [6, 6.07) is 3.95. The monoisotopic (exact) mass is 306 g/mol. The number of sulfonamides is 1. The first kappa shape index (κ1) is 12.9. The van der Waals surface area contributed by atoms with Crippen molar-refractivity contribution >= 4 is 33.0 Å². The Hall–Kier alpha value is -0.140. The minimum absolute atomic E-state index is 0.354. The van der Waals surface area contributed by atoms with Crippen molar-refractivity contribution in [2.45, 2.75) is 23.1 Å². The average Bonchev–Trinajstić information content (AvgIpc) is 3.11. The molecule has 2 fully saturated rings. The van der Waals surface area contributed by atoms with E-state index >= 15 is 0 Å². The molecule has 1 aliphatic carbocycles. The SMILES string of the molecule is O=S(=O)(c1ccc(Cl)s1)N1CCN(C2CC2)CC1. The minimum Gasteiger partial charge on any atom is -0.298 e. The Morgan fingerprint density at radius 2 is 1.83 bits per heavy atom. The standard InChI is InChI=1S/C11H15ClN2O2S2/c12-10-3-4-11(17-10)18(15,16)14-7-5-13(6-8-14)9-1-2-9/h3-4,9H,1-2,5-8H2. The number of hydrogen-bond donors (Lipinski definition) is 0. The quantitative estimate of drug-likeness (QED) is 0.856. The third-order valence-corrected chi connectivity index (χ3v) is 7.08. The molecule has 1 aliphatic heterocycles. The number of hydrogen-bond acceptors (Lipinski definition) is 4. The van der Waals surface area contributed by atoms with Gasteiger partial charge in [0.05, 0.1) is 4.34 Å². The maximum absolute atomic E-state index is 12.4. The lowest BCUT2D eigenvalue weighted by atomic mass is 10.3. The van der Waals surface area contributed by atoms with E-state index in [4.69, 9.17) is 11.6 Å². The normalized spacial score (nSPS) is 23.4. The van der Waals surface area contributed by atoms with Crippen LogP contribution in [0.25, 0.3) is 0 Å². The van der Waals surface area contributed by atoms with Gasteiger partial charge in [0.2, 0.25) is 0 Å². The second-order valence-corrected chi connectivity index (χ2v) is 8.61. The lowest BCUT2D eigenvalue weighted by Gasteiger charge is -2.33. The number of thiophene rings is 1. The molecule has 0 atom stereocenters. The summed E-state index contributed by atoms with van der Waals surface area (Å²) < 4.78 is 27.2. The van der Waals surface area contributed by atoms with Crippen molar-refractivity contribution in [3.63, 3.8) is 0 Å². The average molecular weight is 307 g/mol. The summed E-state index contributed by atoms with van der Waals surface area (Å²) in [5.74, 6) is 0. The van der Waals surface area contributed by atoms with Crippen LogP contribution in [0, 0.1) is 0 Å². The van der Waals surface area contributed by atoms with Gasteiger partial charge in [0, 0.05) is 32.2 Å². The largest absolute Gasteiger partial charge is 0.298 e. The fourth-order valence-corrected chi connectivity index (χ4v) is 5.37. The summed E-state index contributed by atoms with van der Waals surface area (Å²) in [4.78, 5) is 2.40. The van der Waals surface area contributed by atoms with E-state index < -0.39 is 10.0 Å². The zero-order valence-corrected chi connectivity index (χ0v) is 12.3. The van der Waals surface area contributed by atoms with Crippen LogP contribution in [0.15, 0.2) is 16.3 Å². The molecule has 18 heavy (non-hydrogen) atoms. The lowest BCUT2D eigenvalue weighted by Crippen LogP contribution is -2.49. The number of nitrogens with zero attached hydrogens (tertiary/aromatic N) is 2. The van der Waals surface area contributed by atoms with Gasteiger partial charge >= 0.3 is 0 Å². The van der Waals surface area contributed by atoms with Crippen molar-refractivity contribution in [3.05, 3.63) is 16.5 Å². The highest BCUT2D eigenvalue weighted by Gasteiger charge is 2.35. The molecule has 0 aromatic carbocycles. The molecule has 1 saturated carbocycles. The van der Waals surface area contributed by atoms with Gasteiger partial charge in [0.25, 0.3) is 10.0 Å². The van der Waals surface area contributed by atoms with Crippen LogP contribution in [0.4, 0.5) is 0 Å². The summed E-state index contributed by atoms with van der Waals surface area (Å²) >= 11 is 6.94. The Labute approximate surface area is 116 Å². The second kappa shape index (κ2) is 4.76. The van der Waals surface area contributed by atoms with E-state index in [1.54, 1.807) is 16.4 Å². The number of rotatable bonds is 3. The molecule has 1 saturated heterocycles. The Bertz CT molecular complexity index is 531. The van der Waals surface area contributed by atoms with E-state index in [1.807, 2.05) is 0 Å². The Kier molecular flexibility index (Phi) is 3.40. The molecule has 0 amide bonds. The molecule has 0 N–H and O–H groups in total. The van der Waals surface area contributed by atoms with Gasteiger partial charge in [-0.25, -0.2) is 8.42 Å². The Morgan fingerprint density at radius 1 is 1.17 bits per heavy atom. The van der Waals surface area contributed by atoms with E-state index in [0.29, 0.717) is 27.7 Å². The Balaban J connectivity index is 1.71. The summed E-state index contributed by atoms with van der Waals surface area (Å²) in [5.41, 5.74) is 0. The van der Waals surface area contributed by atoms with E-state index in [0.717, 1.165) is 24.4 Å².